The monoisotopic (exact) mass is 1020 g/mol. The molecule has 9 atom stereocenters. The highest BCUT2D eigenvalue weighted by atomic mass is 16.4. The molecule has 0 unspecified atom stereocenters. The van der Waals surface area contributed by atoms with E-state index in [-0.39, 0.29) is 50.0 Å². The maximum absolute atomic E-state index is 13.8. The Hall–Kier alpha value is -7.42. The topological polar surface area (TPSA) is 461 Å². The van der Waals surface area contributed by atoms with E-state index in [1.807, 2.05) is 6.92 Å². The predicted octanol–water partition coefficient (Wildman–Crippen LogP) is -4.56. The van der Waals surface area contributed by atoms with Gasteiger partial charge in [-0.15, -0.1) is 0 Å². The lowest BCUT2D eigenvalue weighted by atomic mass is 9.99. The summed E-state index contributed by atoms with van der Waals surface area (Å²) in [5.74, 6) is -11.8. The van der Waals surface area contributed by atoms with Gasteiger partial charge in [-0.05, 0) is 56.4 Å². The summed E-state index contributed by atoms with van der Waals surface area (Å²) in [6.45, 7) is 6.59. The molecule has 0 heterocycles. The molecule has 1 rings (SSSR count). The van der Waals surface area contributed by atoms with E-state index in [1.54, 1.807) is 51.1 Å². The Morgan fingerprint density at radius 2 is 1.12 bits per heavy atom. The number of hydrogen-bond donors (Lipinski definition) is 15. The van der Waals surface area contributed by atoms with Gasteiger partial charge in [0.2, 0.25) is 53.2 Å². The number of hydrogen-bond acceptors (Lipinski definition) is 14. The number of nitrogens with zero attached hydrogens (tertiary/aromatic N) is 1. The highest BCUT2D eigenvalue weighted by Gasteiger charge is 2.33. The molecule has 0 aliphatic carbocycles. The van der Waals surface area contributed by atoms with Gasteiger partial charge in [0.25, 0.3) is 0 Å². The number of carbonyl (C=O) groups is 11. The number of benzene rings is 1. The molecule has 0 aliphatic heterocycles. The van der Waals surface area contributed by atoms with Crippen LogP contribution in [-0.2, 0) is 59.2 Å². The summed E-state index contributed by atoms with van der Waals surface area (Å²) in [6, 6.07) is -2.78. The fourth-order valence-corrected chi connectivity index (χ4v) is 6.62. The van der Waals surface area contributed by atoms with Gasteiger partial charge in [0.1, 0.15) is 42.3 Å². The molecule has 0 saturated carbocycles. The van der Waals surface area contributed by atoms with Gasteiger partial charge in [0.05, 0.1) is 19.2 Å². The minimum atomic E-state index is -1.65. The number of aliphatic hydroxyl groups is 1. The van der Waals surface area contributed by atoms with Gasteiger partial charge in [-0.3, -0.25) is 52.9 Å². The summed E-state index contributed by atoms with van der Waals surface area (Å²) < 4.78 is 0. The Bertz CT molecular complexity index is 2050. The largest absolute Gasteiger partial charge is 0.481 e. The first kappa shape index (κ1) is 62.6. The third-order valence-electron chi connectivity index (χ3n) is 11.0. The zero-order valence-corrected chi connectivity index (χ0v) is 41.2. The number of aliphatic carboxylic acids is 2. The second-order valence-corrected chi connectivity index (χ2v) is 17.5. The number of aliphatic hydroxyl groups excluding tert-OH is 1. The zero-order valence-electron chi connectivity index (χ0n) is 41.2. The van der Waals surface area contributed by atoms with Crippen LogP contribution in [-0.4, -0.2) is 154 Å². The first-order valence-electron chi connectivity index (χ1n) is 23.4. The van der Waals surface area contributed by atoms with E-state index in [4.69, 9.17) is 22.9 Å². The fraction of sp³-hybridized carbons (Fsp3) is 0.600. The van der Waals surface area contributed by atoms with Crippen molar-refractivity contribution in [3.05, 3.63) is 35.9 Å². The Morgan fingerprint density at radius 3 is 1.67 bits per heavy atom. The molecule has 0 fully saturated rings. The first-order valence-corrected chi connectivity index (χ1v) is 23.4. The quantitative estimate of drug-likeness (QED) is 0.0176. The van der Waals surface area contributed by atoms with E-state index in [9.17, 15) is 68.1 Å². The molecule has 1 aromatic rings. The van der Waals surface area contributed by atoms with Crippen molar-refractivity contribution in [2.45, 2.75) is 141 Å². The number of nitrogens with one attached hydrogen (secondary N) is 8. The SMILES string of the molecule is CC[C@H](C)[C@H](N)C(=O)N[C@@H](CO)C(=O)N[C@@H](C)C(=O)N[C@@H](CCCN=C(N)N)C(=O)NCC(=O)N[C@@H](CCC(N)=O)C(=O)N[C@@H](CCC(=O)O)C(=O)N[C@@H](CC(C)C)C(=O)N[C@@H](Cc1ccccc1)C(=O)O. The minimum Gasteiger partial charge on any atom is -0.481 e. The molecule has 27 nitrogen and oxygen atoms in total. The maximum atomic E-state index is 13.8. The van der Waals surface area contributed by atoms with E-state index < -0.39 is 152 Å². The average molecular weight is 1020 g/mol. The number of rotatable bonds is 34. The van der Waals surface area contributed by atoms with E-state index in [2.05, 4.69) is 47.5 Å². The molecule has 72 heavy (non-hydrogen) atoms. The van der Waals surface area contributed by atoms with Gasteiger partial charge in [0, 0.05) is 25.8 Å². The van der Waals surface area contributed by atoms with Crippen molar-refractivity contribution in [2.24, 2.45) is 39.8 Å². The van der Waals surface area contributed by atoms with Crippen molar-refractivity contribution in [2.75, 3.05) is 19.7 Å². The summed E-state index contributed by atoms with van der Waals surface area (Å²) in [7, 11) is 0. The molecule has 402 valence electrons. The molecule has 9 amide bonds. The van der Waals surface area contributed by atoms with Crippen LogP contribution in [0.25, 0.3) is 0 Å². The molecular formula is C45H73N13O14. The van der Waals surface area contributed by atoms with Gasteiger partial charge in [-0.1, -0.05) is 64.4 Å². The number of primary amides is 1. The number of nitrogens with two attached hydrogens (primary N) is 4. The zero-order chi connectivity index (χ0) is 54.7. The minimum absolute atomic E-state index is 0.00509. The number of amides is 9. The summed E-state index contributed by atoms with van der Waals surface area (Å²) in [5, 5.41) is 48.1. The molecule has 0 saturated heterocycles. The van der Waals surface area contributed by atoms with E-state index in [1.165, 1.54) is 6.92 Å². The van der Waals surface area contributed by atoms with Crippen LogP contribution in [0.5, 0.6) is 0 Å². The van der Waals surface area contributed by atoms with Crippen molar-refractivity contribution in [3.63, 3.8) is 0 Å². The highest BCUT2D eigenvalue weighted by Crippen LogP contribution is 2.11. The summed E-state index contributed by atoms with van der Waals surface area (Å²) >= 11 is 0. The normalized spacial score (nSPS) is 14.7. The third-order valence-corrected chi connectivity index (χ3v) is 11.0. The smallest absolute Gasteiger partial charge is 0.326 e. The van der Waals surface area contributed by atoms with Gasteiger partial charge < -0.3 is 80.8 Å². The van der Waals surface area contributed by atoms with Crippen LogP contribution in [0.3, 0.4) is 0 Å². The fourth-order valence-electron chi connectivity index (χ4n) is 6.62. The van der Waals surface area contributed by atoms with Crippen LogP contribution in [0, 0.1) is 11.8 Å². The van der Waals surface area contributed by atoms with Gasteiger partial charge in [-0.2, -0.15) is 0 Å². The number of carbonyl (C=O) groups excluding carboxylic acids is 9. The van der Waals surface area contributed by atoms with Gasteiger partial charge in [-0.25, -0.2) is 4.79 Å². The standard InChI is InChI=1S/C45H73N13O14/c1-6-24(4)36(47)43(70)58-32(22-59)42(69)52-25(5)37(64)54-27(13-10-18-50-45(48)49)38(65)51-21-34(61)53-28(14-16-33(46)60)39(66)55-29(15-17-35(62)63)40(67)56-30(19-23(2)3)41(68)57-31(44(71)72)20-26-11-8-7-9-12-26/h7-9,11-12,23-25,27-32,36,59H,6,10,13-22,47H2,1-5H3,(H2,46,60)(H,51,65)(H,52,69)(H,53,61)(H,54,64)(H,55,66)(H,56,67)(H,57,68)(H,58,70)(H,62,63)(H,71,72)(H4,48,49,50)/t24-,25-,27-,28-,29-,30-,31-,32-,36-/m0/s1. The lowest BCUT2D eigenvalue weighted by molar-refractivity contribution is -0.142. The van der Waals surface area contributed by atoms with Crippen molar-refractivity contribution >= 4 is 71.1 Å². The molecule has 19 N–H and O–H groups in total. The van der Waals surface area contributed by atoms with Crippen LogP contribution >= 0.6 is 0 Å². The van der Waals surface area contributed by atoms with Crippen molar-refractivity contribution in [1.82, 2.24) is 42.5 Å². The summed E-state index contributed by atoms with van der Waals surface area (Å²) in [5.41, 5.74) is 22.6. The maximum Gasteiger partial charge on any atom is 0.326 e. The Labute approximate surface area is 416 Å². The highest BCUT2D eigenvalue weighted by molar-refractivity contribution is 5.97. The lowest BCUT2D eigenvalue weighted by Gasteiger charge is -2.27. The summed E-state index contributed by atoms with van der Waals surface area (Å²) in [6.07, 6.45) is -1.63. The van der Waals surface area contributed by atoms with Gasteiger partial charge >= 0.3 is 11.9 Å². The molecular weight excluding hydrogens is 947 g/mol. The molecule has 0 aromatic heterocycles. The van der Waals surface area contributed by atoms with Crippen LogP contribution < -0.4 is 65.5 Å². The van der Waals surface area contributed by atoms with E-state index in [0.717, 1.165) is 0 Å². The first-order chi connectivity index (χ1) is 33.8. The number of carboxylic acid groups (broad SMARTS) is 2. The van der Waals surface area contributed by atoms with Crippen LogP contribution in [0.2, 0.25) is 0 Å². The molecule has 27 heteroatoms. The number of guanidine groups is 1. The molecule has 0 bridgehead atoms. The van der Waals surface area contributed by atoms with Gasteiger partial charge in [0.15, 0.2) is 5.96 Å². The number of aliphatic imine (C=N–C) groups is 1. The van der Waals surface area contributed by atoms with Crippen LogP contribution in [0.4, 0.5) is 0 Å². The van der Waals surface area contributed by atoms with Crippen molar-refractivity contribution in [3.8, 4) is 0 Å². The lowest BCUT2D eigenvalue weighted by Crippen LogP contribution is -2.59. The third kappa shape index (κ3) is 24.4. The van der Waals surface area contributed by atoms with Crippen molar-refractivity contribution < 1.29 is 68.1 Å². The Balaban J connectivity index is 3.24. The number of carboxylic acids is 2. The van der Waals surface area contributed by atoms with Crippen molar-refractivity contribution in [1.29, 1.82) is 0 Å². The van der Waals surface area contributed by atoms with E-state index in [0.29, 0.717) is 12.0 Å². The van der Waals surface area contributed by atoms with Crippen LogP contribution in [0.1, 0.15) is 91.5 Å². The molecule has 1 aromatic carbocycles. The summed E-state index contributed by atoms with van der Waals surface area (Å²) in [4.78, 5) is 146. The molecule has 0 radical (unpaired) electrons. The molecule has 0 spiro atoms. The van der Waals surface area contributed by atoms with Crippen LogP contribution in [0.15, 0.2) is 35.3 Å². The predicted molar refractivity (Wildman–Crippen MR) is 259 cm³/mol. The Kier molecular flexibility index (Phi) is 28.2. The second kappa shape index (κ2) is 32.5. The Morgan fingerprint density at radius 1 is 0.611 bits per heavy atom. The second-order valence-electron chi connectivity index (χ2n) is 17.5. The average Bonchev–Trinajstić information content (AvgIpc) is 3.31. The molecule has 0 aliphatic rings. The van der Waals surface area contributed by atoms with E-state index >= 15 is 0 Å².